The van der Waals surface area contributed by atoms with Gasteiger partial charge < -0.3 is 15.6 Å². The Morgan fingerprint density at radius 1 is 1.23 bits per heavy atom. The van der Waals surface area contributed by atoms with Crippen molar-refractivity contribution in [3.63, 3.8) is 0 Å². The summed E-state index contributed by atoms with van der Waals surface area (Å²) in [5.41, 5.74) is 8.31. The molecule has 1 fully saturated rings. The van der Waals surface area contributed by atoms with Crippen molar-refractivity contribution in [3.8, 4) is 11.3 Å². The molecule has 9 heteroatoms. The Labute approximate surface area is 147 Å². The number of aromatic nitrogens is 4. The predicted molar refractivity (Wildman–Crippen MR) is 92.5 cm³/mol. The quantitative estimate of drug-likeness (QED) is 0.730. The number of anilines is 2. The molecule has 3 N–H and O–H groups in total. The topological polar surface area (TPSA) is 83.7 Å². The number of H-pyrrole nitrogens is 1. The van der Waals surface area contributed by atoms with Crippen molar-refractivity contribution in [1.29, 1.82) is 0 Å². The van der Waals surface area contributed by atoms with Crippen molar-refractivity contribution in [3.05, 3.63) is 30.7 Å². The van der Waals surface area contributed by atoms with Crippen LogP contribution in [0.25, 0.3) is 22.3 Å². The third-order valence-electron chi connectivity index (χ3n) is 4.85. The largest absolute Gasteiger partial charge is 0.393 e. The summed E-state index contributed by atoms with van der Waals surface area (Å²) in [6.45, 7) is 1.74. The lowest BCUT2D eigenvalue weighted by molar-refractivity contribution is -0.168. The van der Waals surface area contributed by atoms with E-state index in [9.17, 15) is 13.2 Å². The van der Waals surface area contributed by atoms with Gasteiger partial charge in [-0.15, -0.1) is 0 Å². The molecule has 0 saturated carbocycles. The monoisotopic (exact) mass is 362 g/mol. The van der Waals surface area contributed by atoms with Crippen LogP contribution in [0.3, 0.4) is 0 Å². The summed E-state index contributed by atoms with van der Waals surface area (Å²) in [5, 5.41) is 0.736. The van der Waals surface area contributed by atoms with Crippen molar-refractivity contribution >= 4 is 22.7 Å². The van der Waals surface area contributed by atoms with Crippen LogP contribution in [0, 0.1) is 5.92 Å². The molecule has 1 aliphatic heterocycles. The molecule has 4 rings (SSSR count). The number of nitrogen functional groups attached to an aromatic ring is 1. The highest BCUT2D eigenvalue weighted by atomic mass is 19.4. The van der Waals surface area contributed by atoms with Gasteiger partial charge in [-0.1, -0.05) is 0 Å². The summed E-state index contributed by atoms with van der Waals surface area (Å²) in [6.07, 6.45) is 0.764. The Hall–Kier alpha value is -2.84. The Morgan fingerprint density at radius 3 is 2.69 bits per heavy atom. The zero-order valence-corrected chi connectivity index (χ0v) is 14.0. The first-order chi connectivity index (χ1) is 12.3. The summed E-state index contributed by atoms with van der Waals surface area (Å²) >= 11 is 0. The van der Waals surface area contributed by atoms with Crippen LogP contribution in [0.4, 0.5) is 24.8 Å². The molecule has 1 unspecified atom stereocenters. The van der Waals surface area contributed by atoms with E-state index >= 15 is 0 Å². The van der Waals surface area contributed by atoms with E-state index in [2.05, 4.69) is 19.9 Å². The van der Waals surface area contributed by atoms with Crippen molar-refractivity contribution in [1.82, 2.24) is 19.9 Å². The molecule has 0 radical (unpaired) electrons. The number of alkyl halides is 3. The molecular formula is C17H17F3N6. The Kier molecular flexibility index (Phi) is 3.74. The molecule has 4 heterocycles. The van der Waals surface area contributed by atoms with Gasteiger partial charge in [-0.3, -0.25) is 0 Å². The van der Waals surface area contributed by atoms with Gasteiger partial charge in [-0.2, -0.15) is 13.2 Å². The zero-order valence-electron chi connectivity index (χ0n) is 14.0. The van der Waals surface area contributed by atoms with Crippen LogP contribution in [-0.4, -0.2) is 38.7 Å². The summed E-state index contributed by atoms with van der Waals surface area (Å²) in [6, 6.07) is 3.23. The molecule has 0 aliphatic carbocycles. The van der Waals surface area contributed by atoms with Crippen molar-refractivity contribution in [2.24, 2.45) is 5.92 Å². The standard InChI is InChI=1S/C17H17F3N6/c1-9-6-10(17(18,19)20)8-26(9)13-3-5-22-15-14(13)11(7-24-15)12-2-4-23-16(21)25-12/h2-5,7,9-10H,6,8H2,1H3,(H,22,24)(H2,21,23,25)/t9-,10?/m1/s1. The first-order valence-corrected chi connectivity index (χ1v) is 8.23. The van der Waals surface area contributed by atoms with E-state index < -0.39 is 12.1 Å². The average Bonchev–Trinajstić information content (AvgIpc) is 3.18. The summed E-state index contributed by atoms with van der Waals surface area (Å²) < 4.78 is 39.6. The van der Waals surface area contributed by atoms with E-state index in [0.29, 0.717) is 17.0 Å². The molecule has 136 valence electrons. The predicted octanol–water partition coefficient (Wildman–Crippen LogP) is 3.38. The molecule has 1 saturated heterocycles. The lowest BCUT2D eigenvalue weighted by Crippen LogP contribution is -2.29. The smallest absolute Gasteiger partial charge is 0.368 e. The second-order valence-corrected chi connectivity index (χ2v) is 6.53. The number of hydrogen-bond acceptors (Lipinski definition) is 5. The minimum Gasteiger partial charge on any atom is -0.368 e. The maximum Gasteiger partial charge on any atom is 0.393 e. The van der Waals surface area contributed by atoms with Crippen LogP contribution in [0.1, 0.15) is 13.3 Å². The number of nitrogens with zero attached hydrogens (tertiary/aromatic N) is 4. The van der Waals surface area contributed by atoms with Gasteiger partial charge in [0.15, 0.2) is 0 Å². The normalized spacial score (nSPS) is 20.8. The number of nitrogens with one attached hydrogen (secondary N) is 1. The fourth-order valence-electron chi connectivity index (χ4n) is 3.61. The molecule has 3 aromatic heterocycles. The third kappa shape index (κ3) is 2.73. The molecule has 26 heavy (non-hydrogen) atoms. The molecule has 0 aromatic carbocycles. The Bertz CT molecular complexity index is 951. The molecular weight excluding hydrogens is 345 g/mol. The first-order valence-electron chi connectivity index (χ1n) is 8.23. The molecule has 1 aliphatic rings. The van der Waals surface area contributed by atoms with E-state index in [1.54, 1.807) is 35.6 Å². The van der Waals surface area contributed by atoms with Gasteiger partial charge in [-0.25, -0.2) is 15.0 Å². The molecule has 3 aromatic rings. The van der Waals surface area contributed by atoms with Crippen LogP contribution >= 0.6 is 0 Å². The van der Waals surface area contributed by atoms with Crippen LogP contribution in [0.15, 0.2) is 30.7 Å². The van der Waals surface area contributed by atoms with Gasteiger partial charge in [0.2, 0.25) is 5.95 Å². The molecule has 0 bridgehead atoms. The van der Waals surface area contributed by atoms with Gasteiger partial charge in [0, 0.05) is 36.7 Å². The number of fused-ring (bicyclic) bond motifs is 1. The van der Waals surface area contributed by atoms with E-state index in [1.165, 1.54) is 0 Å². The van der Waals surface area contributed by atoms with E-state index in [1.807, 2.05) is 6.92 Å². The average molecular weight is 362 g/mol. The zero-order chi connectivity index (χ0) is 18.5. The van der Waals surface area contributed by atoms with Crippen LogP contribution in [-0.2, 0) is 0 Å². The second-order valence-electron chi connectivity index (χ2n) is 6.53. The first kappa shape index (κ1) is 16.6. The fourth-order valence-corrected chi connectivity index (χ4v) is 3.61. The summed E-state index contributed by atoms with van der Waals surface area (Å²) in [4.78, 5) is 17.3. The molecule has 2 atom stereocenters. The molecule has 0 spiro atoms. The van der Waals surface area contributed by atoms with Crippen LogP contribution in [0.2, 0.25) is 0 Å². The van der Waals surface area contributed by atoms with Crippen molar-refractivity contribution < 1.29 is 13.2 Å². The maximum atomic E-state index is 13.2. The number of nitrogens with two attached hydrogens (primary N) is 1. The summed E-state index contributed by atoms with van der Waals surface area (Å²) in [5.74, 6) is -1.20. The van der Waals surface area contributed by atoms with Crippen LogP contribution < -0.4 is 10.6 Å². The number of halogens is 3. The van der Waals surface area contributed by atoms with Gasteiger partial charge in [0.1, 0.15) is 5.65 Å². The highest BCUT2D eigenvalue weighted by Crippen LogP contribution is 2.42. The minimum absolute atomic E-state index is 0.0691. The van der Waals surface area contributed by atoms with E-state index in [-0.39, 0.29) is 25.0 Å². The van der Waals surface area contributed by atoms with Gasteiger partial charge in [-0.05, 0) is 25.5 Å². The lowest BCUT2D eigenvalue weighted by Gasteiger charge is -2.25. The highest BCUT2D eigenvalue weighted by Gasteiger charge is 2.46. The molecule has 6 nitrogen and oxygen atoms in total. The Balaban J connectivity index is 1.83. The number of hydrogen-bond donors (Lipinski definition) is 2. The number of rotatable bonds is 2. The maximum absolute atomic E-state index is 13.2. The van der Waals surface area contributed by atoms with Gasteiger partial charge in [0.25, 0.3) is 0 Å². The number of pyridine rings is 1. The second kappa shape index (κ2) is 5.86. The SMILES string of the molecule is C[C@@H]1CC(C(F)(F)F)CN1c1ccnc2[nH]cc(-c3ccnc(N)n3)c12. The molecule has 0 amide bonds. The number of aromatic amines is 1. The van der Waals surface area contributed by atoms with E-state index in [0.717, 1.165) is 10.9 Å². The van der Waals surface area contributed by atoms with Crippen molar-refractivity contribution in [2.45, 2.75) is 25.6 Å². The highest BCUT2D eigenvalue weighted by molar-refractivity contribution is 6.02. The van der Waals surface area contributed by atoms with Gasteiger partial charge in [0.05, 0.1) is 22.7 Å². The Morgan fingerprint density at radius 2 is 2.00 bits per heavy atom. The minimum atomic E-state index is -4.20. The van der Waals surface area contributed by atoms with Crippen molar-refractivity contribution in [2.75, 3.05) is 17.2 Å². The summed E-state index contributed by atoms with van der Waals surface area (Å²) in [7, 11) is 0. The third-order valence-corrected chi connectivity index (χ3v) is 4.85. The van der Waals surface area contributed by atoms with Crippen LogP contribution in [0.5, 0.6) is 0 Å². The fraction of sp³-hybridized carbons (Fsp3) is 0.353. The van der Waals surface area contributed by atoms with Gasteiger partial charge >= 0.3 is 6.18 Å². The van der Waals surface area contributed by atoms with E-state index in [4.69, 9.17) is 5.73 Å². The lowest BCUT2D eigenvalue weighted by atomic mass is 10.1.